The van der Waals surface area contributed by atoms with Gasteiger partial charge in [0, 0.05) is 24.3 Å². The van der Waals surface area contributed by atoms with Crippen LogP contribution in [0.2, 0.25) is 0 Å². The maximum absolute atomic E-state index is 12.6. The molecule has 1 aromatic carbocycles. The third-order valence-electron chi connectivity index (χ3n) is 4.23. The van der Waals surface area contributed by atoms with Gasteiger partial charge in [0.2, 0.25) is 5.91 Å². The van der Waals surface area contributed by atoms with Crippen LogP contribution in [-0.4, -0.2) is 31.4 Å². The molecule has 120 valence electrons. The van der Waals surface area contributed by atoms with E-state index >= 15 is 0 Å². The van der Waals surface area contributed by atoms with Crippen LogP contribution in [0.4, 0.5) is 5.69 Å². The Morgan fingerprint density at radius 1 is 1.36 bits per heavy atom. The number of rotatable bonds is 4. The Labute approximate surface area is 131 Å². The highest BCUT2D eigenvalue weighted by Crippen LogP contribution is 2.28. The minimum absolute atomic E-state index is 0.0100. The van der Waals surface area contributed by atoms with E-state index in [2.05, 4.69) is 16.0 Å². The molecule has 2 amide bonds. The van der Waals surface area contributed by atoms with Crippen LogP contribution in [0, 0.1) is 12.3 Å². The summed E-state index contributed by atoms with van der Waals surface area (Å²) in [6, 6.07) is 5.39. The molecule has 1 saturated heterocycles. The summed E-state index contributed by atoms with van der Waals surface area (Å²) in [5.74, 6) is -0.112. The lowest BCUT2D eigenvalue weighted by Gasteiger charge is -2.32. The van der Waals surface area contributed by atoms with Gasteiger partial charge >= 0.3 is 0 Å². The van der Waals surface area contributed by atoms with Crippen molar-refractivity contribution in [2.75, 3.05) is 25.0 Å². The number of piperidine rings is 1. The van der Waals surface area contributed by atoms with E-state index in [9.17, 15) is 9.59 Å². The van der Waals surface area contributed by atoms with Crippen LogP contribution in [0.15, 0.2) is 18.2 Å². The number of aryl methyl sites for hydroxylation is 1. The lowest BCUT2D eigenvalue weighted by molar-refractivity contribution is -0.125. The average Bonchev–Trinajstić information content (AvgIpc) is 2.50. The van der Waals surface area contributed by atoms with Crippen LogP contribution in [0.5, 0.6) is 0 Å². The summed E-state index contributed by atoms with van der Waals surface area (Å²) in [6.07, 6.45) is 1.88. The van der Waals surface area contributed by atoms with Crippen molar-refractivity contribution < 1.29 is 9.59 Å². The zero-order valence-corrected chi connectivity index (χ0v) is 13.6. The normalized spacial score (nSPS) is 21.2. The lowest BCUT2D eigenvalue weighted by atomic mass is 9.82. The molecule has 5 nitrogen and oxygen atoms in total. The highest BCUT2D eigenvalue weighted by atomic mass is 16.2. The smallest absolute Gasteiger partial charge is 0.251 e. The summed E-state index contributed by atoms with van der Waals surface area (Å²) >= 11 is 0. The van der Waals surface area contributed by atoms with Gasteiger partial charge in [0.1, 0.15) is 0 Å². The minimum Gasteiger partial charge on any atom is -0.352 e. The molecule has 1 atom stereocenters. The molecule has 0 bridgehead atoms. The summed E-state index contributed by atoms with van der Waals surface area (Å²) in [6.45, 7) is 8.03. The summed E-state index contributed by atoms with van der Waals surface area (Å²) in [5, 5.41) is 9.05. The number of amides is 2. The van der Waals surface area contributed by atoms with Crippen molar-refractivity contribution in [2.24, 2.45) is 5.41 Å². The lowest BCUT2D eigenvalue weighted by Crippen LogP contribution is -2.46. The van der Waals surface area contributed by atoms with E-state index in [1.54, 1.807) is 12.1 Å². The van der Waals surface area contributed by atoms with Crippen molar-refractivity contribution in [3.63, 3.8) is 0 Å². The third kappa shape index (κ3) is 3.65. The maximum Gasteiger partial charge on any atom is 0.251 e. The van der Waals surface area contributed by atoms with Crippen molar-refractivity contribution in [3.8, 4) is 0 Å². The van der Waals surface area contributed by atoms with Gasteiger partial charge in [-0.3, -0.25) is 9.59 Å². The number of hydrogen-bond acceptors (Lipinski definition) is 3. The number of hydrogen-bond donors (Lipinski definition) is 3. The minimum atomic E-state index is -0.396. The first-order valence-electron chi connectivity index (χ1n) is 7.87. The van der Waals surface area contributed by atoms with E-state index in [0.29, 0.717) is 24.3 Å². The van der Waals surface area contributed by atoms with E-state index < -0.39 is 5.41 Å². The Hall–Kier alpha value is -1.88. The Kier molecular flexibility index (Phi) is 5.19. The quantitative estimate of drug-likeness (QED) is 0.797. The van der Waals surface area contributed by atoms with Crippen molar-refractivity contribution >= 4 is 17.5 Å². The number of benzene rings is 1. The largest absolute Gasteiger partial charge is 0.352 e. The highest BCUT2D eigenvalue weighted by Gasteiger charge is 2.34. The van der Waals surface area contributed by atoms with Crippen LogP contribution in [0.1, 0.15) is 42.6 Å². The van der Waals surface area contributed by atoms with Crippen molar-refractivity contribution in [2.45, 2.75) is 33.6 Å². The Morgan fingerprint density at radius 2 is 2.14 bits per heavy atom. The molecule has 0 spiro atoms. The molecule has 5 heteroatoms. The van der Waals surface area contributed by atoms with Crippen LogP contribution in [-0.2, 0) is 4.79 Å². The maximum atomic E-state index is 12.6. The number of carbonyl (C=O) groups excluding carboxylic acids is 2. The first-order valence-corrected chi connectivity index (χ1v) is 7.87. The molecule has 1 aromatic rings. The Balaban J connectivity index is 2.16. The first-order chi connectivity index (χ1) is 10.5. The zero-order chi connectivity index (χ0) is 16.2. The molecular weight excluding hydrogens is 278 g/mol. The van der Waals surface area contributed by atoms with Gasteiger partial charge in [0.15, 0.2) is 0 Å². The van der Waals surface area contributed by atoms with Gasteiger partial charge < -0.3 is 16.0 Å². The van der Waals surface area contributed by atoms with Crippen LogP contribution in [0.3, 0.4) is 0 Å². The van der Waals surface area contributed by atoms with E-state index in [4.69, 9.17) is 0 Å². The van der Waals surface area contributed by atoms with Crippen molar-refractivity contribution in [3.05, 3.63) is 29.3 Å². The predicted octanol–water partition coefficient (Wildman–Crippen LogP) is 2.07. The van der Waals surface area contributed by atoms with E-state index in [1.165, 1.54) is 0 Å². The molecule has 0 aromatic heterocycles. The fraction of sp³-hybridized carbons (Fsp3) is 0.529. The molecule has 0 aliphatic carbocycles. The van der Waals surface area contributed by atoms with Gasteiger partial charge in [0.05, 0.1) is 5.41 Å². The van der Waals surface area contributed by atoms with Gasteiger partial charge in [-0.15, -0.1) is 0 Å². The number of nitrogens with one attached hydrogen (secondary N) is 3. The Morgan fingerprint density at radius 3 is 2.77 bits per heavy atom. The average molecular weight is 303 g/mol. The molecule has 0 saturated carbocycles. The van der Waals surface area contributed by atoms with Gasteiger partial charge in [-0.1, -0.05) is 6.07 Å². The van der Waals surface area contributed by atoms with E-state index in [-0.39, 0.29) is 11.8 Å². The molecular formula is C17H25N3O2. The molecule has 22 heavy (non-hydrogen) atoms. The number of carbonyl (C=O) groups is 2. The summed E-state index contributed by atoms with van der Waals surface area (Å²) < 4.78 is 0. The van der Waals surface area contributed by atoms with Gasteiger partial charge in [-0.2, -0.15) is 0 Å². The topological polar surface area (TPSA) is 70.2 Å². The highest BCUT2D eigenvalue weighted by molar-refractivity contribution is 5.99. The van der Waals surface area contributed by atoms with Crippen LogP contribution >= 0.6 is 0 Å². The third-order valence-corrected chi connectivity index (χ3v) is 4.23. The van der Waals surface area contributed by atoms with Gasteiger partial charge in [-0.05, 0) is 57.9 Å². The molecule has 1 aliphatic heterocycles. The van der Waals surface area contributed by atoms with E-state index in [1.807, 2.05) is 26.8 Å². The van der Waals surface area contributed by atoms with Crippen LogP contribution < -0.4 is 16.0 Å². The molecule has 1 aliphatic rings. The SMILES string of the molecule is CCNC(=O)c1ccc(C)c(NC(=O)C2(C)CCCNC2)c1. The van der Waals surface area contributed by atoms with Crippen molar-refractivity contribution in [1.29, 1.82) is 0 Å². The van der Waals surface area contributed by atoms with E-state index in [0.717, 1.165) is 24.9 Å². The first kappa shape index (κ1) is 16.5. The Bertz CT molecular complexity index is 563. The van der Waals surface area contributed by atoms with Gasteiger partial charge in [-0.25, -0.2) is 0 Å². The fourth-order valence-corrected chi connectivity index (χ4v) is 2.68. The zero-order valence-electron chi connectivity index (χ0n) is 13.6. The molecule has 0 radical (unpaired) electrons. The fourth-order valence-electron chi connectivity index (χ4n) is 2.68. The second kappa shape index (κ2) is 6.92. The predicted molar refractivity (Wildman–Crippen MR) is 88.0 cm³/mol. The summed E-state index contributed by atoms with van der Waals surface area (Å²) in [5.41, 5.74) is 1.83. The monoisotopic (exact) mass is 303 g/mol. The molecule has 1 unspecified atom stereocenters. The molecule has 1 fully saturated rings. The molecule has 2 rings (SSSR count). The van der Waals surface area contributed by atoms with Crippen LogP contribution in [0.25, 0.3) is 0 Å². The summed E-state index contributed by atoms with van der Waals surface area (Å²) in [7, 11) is 0. The standard InChI is InChI=1S/C17H25N3O2/c1-4-19-15(21)13-7-6-12(2)14(10-13)20-16(22)17(3)8-5-9-18-11-17/h6-7,10,18H,4-5,8-9,11H2,1-3H3,(H,19,21)(H,20,22). The summed E-state index contributed by atoms with van der Waals surface area (Å²) in [4.78, 5) is 24.5. The number of anilines is 1. The molecule has 1 heterocycles. The molecule has 3 N–H and O–H groups in total. The second-order valence-electron chi connectivity index (χ2n) is 6.18. The second-order valence-corrected chi connectivity index (χ2v) is 6.18. The van der Waals surface area contributed by atoms with Crippen molar-refractivity contribution in [1.82, 2.24) is 10.6 Å². The van der Waals surface area contributed by atoms with Gasteiger partial charge in [0.25, 0.3) is 5.91 Å².